The van der Waals surface area contributed by atoms with Gasteiger partial charge in [-0.1, -0.05) is 0 Å². The molecule has 2 unspecified atom stereocenters. The van der Waals surface area contributed by atoms with Crippen LogP contribution in [0.1, 0.15) is 46.0 Å². The van der Waals surface area contributed by atoms with Crippen LogP contribution in [0.5, 0.6) is 0 Å². The van der Waals surface area contributed by atoms with Crippen molar-refractivity contribution >= 4 is 0 Å². The van der Waals surface area contributed by atoms with Gasteiger partial charge in [0, 0.05) is 18.3 Å². The van der Waals surface area contributed by atoms with Crippen molar-refractivity contribution in [2.24, 2.45) is 11.7 Å². The van der Waals surface area contributed by atoms with Crippen molar-refractivity contribution in [3.8, 4) is 0 Å². The largest absolute Gasteiger partial charge is 0.369 e. The van der Waals surface area contributed by atoms with Crippen molar-refractivity contribution in [1.29, 1.82) is 0 Å². The molecular weight excluding hydrogens is 214 g/mol. The maximum absolute atomic E-state index is 6.29. The first-order valence-electron chi connectivity index (χ1n) is 6.04. The fourth-order valence-corrected chi connectivity index (χ4v) is 2.83. The first-order valence-corrected chi connectivity index (χ1v) is 6.04. The Morgan fingerprint density at radius 1 is 1.29 bits per heavy atom. The molecule has 2 atom stereocenters. The molecule has 0 amide bonds. The topological polar surface area (TPSA) is 61.0 Å². The average molecular weight is 235 g/mol. The lowest BCUT2D eigenvalue weighted by molar-refractivity contribution is -0.0769. The maximum atomic E-state index is 6.29. The van der Waals surface area contributed by atoms with E-state index in [0.717, 1.165) is 6.42 Å². The van der Waals surface area contributed by atoms with Crippen LogP contribution in [0.3, 0.4) is 0 Å². The zero-order valence-electron chi connectivity index (χ0n) is 11.0. The summed E-state index contributed by atoms with van der Waals surface area (Å²) in [6, 6.07) is 1.63. The first kappa shape index (κ1) is 12.5. The summed E-state index contributed by atoms with van der Waals surface area (Å²) in [5.41, 5.74) is 5.93. The molecule has 4 heteroatoms. The van der Waals surface area contributed by atoms with Crippen molar-refractivity contribution in [2.45, 2.75) is 51.4 Å². The van der Waals surface area contributed by atoms with Crippen molar-refractivity contribution in [2.75, 3.05) is 0 Å². The van der Waals surface area contributed by atoms with Gasteiger partial charge in [-0.3, -0.25) is 0 Å². The number of ether oxygens (including phenoxy) is 1. The van der Waals surface area contributed by atoms with Crippen LogP contribution < -0.4 is 5.73 Å². The quantitative estimate of drug-likeness (QED) is 0.852. The van der Waals surface area contributed by atoms with Gasteiger partial charge in [0.2, 0.25) is 0 Å². The van der Waals surface area contributed by atoms with E-state index in [1.54, 1.807) is 18.5 Å². The molecular formula is C13H21N3O. The lowest BCUT2D eigenvalue weighted by Crippen LogP contribution is -2.36. The molecule has 17 heavy (non-hydrogen) atoms. The molecule has 1 aromatic rings. The average Bonchev–Trinajstić information content (AvgIpc) is 2.47. The molecule has 0 aliphatic carbocycles. The fourth-order valence-electron chi connectivity index (χ4n) is 2.83. The van der Waals surface area contributed by atoms with Gasteiger partial charge in [-0.2, -0.15) is 0 Å². The summed E-state index contributed by atoms with van der Waals surface area (Å²) < 4.78 is 6.06. The standard InChI is InChI=1S/C13H21N3O/c1-12(2)8-9(13(3,4)17-12)10(14)11-15-6-5-7-16-11/h5-7,9-10H,8,14H2,1-4H3. The smallest absolute Gasteiger partial charge is 0.145 e. The molecule has 2 heterocycles. The minimum absolute atomic E-state index is 0.124. The van der Waals surface area contributed by atoms with E-state index in [0.29, 0.717) is 5.82 Å². The summed E-state index contributed by atoms with van der Waals surface area (Å²) in [6.45, 7) is 8.39. The van der Waals surface area contributed by atoms with Gasteiger partial charge in [0.05, 0.1) is 17.2 Å². The number of hydrogen-bond acceptors (Lipinski definition) is 4. The van der Waals surface area contributed by atoms with Gasteiger partial charge in [0.25, 0.3) is 0 Å². The van der Waals surface area contributed by atoms with Crippen LogP contribution >= 0.6 is 0 Å². The predicted octanol–water partition coefficient (Wildman–Crippen LogP) is 2.07. The third kappa shape index (κ3) is 2.48. The Balaban J connectivity index is 2.23. The molecule has 0 saturated carbocycles. The van der Waals surface area contributed by atoms with Crippen LogP contribution in [0.15, 0.2) is 18.5 Å². The van der Waals surface area contributed by atoms with E-state index in [9.17, 15) is 0 Å². The van der Waals surface area contributed by atoms with Crippen LogP contribution in [0.2, 0.25) is 0 Å². The summed E-state index contributed by atoms with van der Waals surface area (Å²) in [6.07, 6.45) is 4.39. The zero-order valence-corrected chi connectivity index (χ0v) is 11.0. The SMILES string of the molecule is CC1(C)CC(C(N)c2ncccn2)C(C)(C)O1. The Bertz CT molecular complexity index is 389. The molecule has 0 aromatic carbocycles. The van der Waals surface area contributed by atoms with E-state index in [2.05, 4.69) is 37.7 Å². The second-order valence-corrected chi connectivity index (χ2v) is 5.91. The van der Waals surface area contributed by atoms with E-state index in [1.807, 2.05) is 0 Å². The third-order valence-electron chi connectivity index (χ3n) is 3.46. The van der Waals surface area contributed by atoms with E-state index in [-0.39, 0.29) is 23.2 Å². The van der Waals surface area contributed by atoms with Gasteiger partial charge in [0.15, 0.2) is 0 Å². The highest BCUT2D eigenvalue weighted by Crippen LogP contribution is 2.46. The zero-order chi connectivity index (χ0) is 12.7. The first-order chi connectivity index (χ1) is 7.82. The Kier molecular flexibility index (Phi) is 2.96. The summed E-state index contributed by atoms with van der Waals surface area (Å²) in [4.78, 5) is 8.49. The Hall–Kier alpha value is -1.00. The highest BCUT2D eigenvalue weighted by Gasteiger charge is 2.49. The summed E-state index contributed by atoms with van der Waals surface area (Å²) in [7, 11) is 0. The molecule has 1 aliphatic heterocycles. The molecule has 4 nitrogen and oxygen atoms in total. The van der Waals surface area contributed by atoms with E-state index < -0.39 is 0 Å². The molecule has 1 aliphatic rings. The summed E-state index contributed by atoms with van der Waals surface area (Å²) >= 11 is 0. The Labute approximate surface area is 103 Å². The second-order valence-electron chi connectivity index (χ2n) is 5.91. The molecule has 0 spiro atoms. The number of hydrogen-bond donors (Lipinski definition) is 1. The minimum atomic E-state index is -0.234. The Morgan fingerprint density at radius 3 is 2.35 bits per heavy atom. The van der Waals surface area contributed by atoms with Crippen molar-refractivity contribution < 1.29 is 4.74 Å². The van der Waals surface area contributed by atoms with Crippen LogP contribution in [0, 0.1) is 5.92 Å². The van der Waals surface area contributed by atoms with Crippen molar-refractivity contribution in [1.82, 2.24) is 9.97 Å². The van der Waals surface area contributed by atoms with E-state index in [1.165, 1.54) is 0 Å². The van der Waals surface area contributed by atoms with E-state index in [4.69, 9.17) is 10.5 Å². The van der Waals surface area contributed by atoms with Crippen LogP contribution in [-0.2, 0) is 4.74 Å². The molecule has 2 rings (SSSR count). The van der Waals surface area contributed by atoms with Gasteiger partial charge in [-0.15, -0.1) is 0 Å². The second kappa shape index (κ2) is 4.03. The minimum Gasteiger partial charge on any atom is -0.369 e. The monoisotopic (exact) mass is 235 g/mol. The Morgan fingerprint density at radius 2 is 1.88 bits per heavy atom. The molecule has 0 radical (unpaired) electrons. The normalized spacial score (nSPS) is 27.9. The summed E-state index contributed by atoms with van der Waals surface area (Å²) in [5.74, 6) is 0.937. The highest BCUT2D eigenvalue weighted by molar-refractivity contribution is 5.05. The lowest BCUT2D eigenvalue weighted by Gasteiger charge is -2.30. The number of rotatable bonds is 2. The van der Waals surface area contributed by atoms with Crippen LogP contribution in [0.4, 0.5) is 0 Å². The fraction of sp³-hybridized carbons (Fsp3) is 0.692. The van der Waals surface area contributed by atoms with Gasteiger partial charge in [0.1, 0.15) is 5.82 Å². The number of nitrogens with zero attached hydrogens (tertiary/aromatic N) is 2. The van der Waals surface area contributed by atoms with Crippen molar-refractivity contribution in [3.05, 3.63) is 24.3 Å². The van der Waals surface area contributed by atoms with Gasteiger partial charge >= 0.3 is 0 Å². The third-order valence-corrected chi connectivity index (χ3v) is 3.46. The van der Waals surface area contributed by atoms with Gasteiger partial charge < -0.3 is 10.5 Å². The van der Waals surface area contributed by atoms with Crippen molar-refractivity contribution in [3.63, 3.8) is 0 Å². The number of nitrogens with two attached hydrogens (primary N) is 1. The molecule has 1 aromatic heterocycles. The molecule has 1 saturated heterocycles. The van der Waals surface area contributed by atoms with Gasteiger partial charge in [-0.05, 0) is 40.2 Å². The molecule has 1 fully saturated rings. The lowest BCUT2D eigenvalue weighted by atomic mass is 9.81. The molecule has 0 bridgehead atoms. The van der Waals surface area contributed by atoms with Crippen LogP contribution in [-0.4, -0.2) is 21.2 Å². The predicted molar refractivity (Wildman–Crippen MR) is 66.3 cm³/mol. The van der Waals surface area contributed by atoms with Crippen LogP contribution in [0.25, 0.3) is 0 Å². The number of aromatic nitrogens is 2. The van der Waals surface area contributed by atoms with Gasteiger partial charge in [-0.25, -0.2) is 9.97 Å². The molecule has 94 valence electrons. The highest BCUT2D eigenvalue weighted by atomic mass is 16.5. The van der Waals surface area contributed by atoms with E-state index >= 15 is 0 Å². The maximum Gasteiger partial charge on any atom is 0.145 e. The molecule has 2 N–H and O–H groups in total. The summed E-state index contributed by atoms with van der Waals surface area (Å²) in [5, 5.41) is 0.